The first-order chi connectivity index (χ1) is 6.08. The molecule has 1 atom stereocenters. The highest BCUT2D eigenvalue weighted by Crippen LogP contribution is 2.43. The van der Waals surface area contributed by atoms with Gasteiger partial charge in [-0.25, -0.2) is 0 Å². The molecule has 0 bridgehead atoms. The van der Waals surface area contributed by atoms with Gasteiger partial charge >= 0.3 is 0 Å². The van der Waals surface area contributed by atoms with Gasteiger partial charge in [0.25, 0.3) is 0 Å². The molecule has 0 aliphatic heterocycles. The van der Waals surface area contributed by atoms with Crippen molar-refractivity contribution in [1.29, 1.82) is 0 Å². The van der Waals surface area contributed by atoms with Crippen molar-refractivity contribution in [3.8, 4) is 0 Å². The van der Waals surface area contributed by atoms with E-state index >= 15 is 0 Å². The van der Waals surface area contributed by atoms with Gasteiger partial charge in [0.1, 0.15) is 0 Å². The number of hydrogen-bond acceptors (Lipinski definition) is 1. The Morgan fingerprint density at radius 3 is 2.77 bits per heavy atom. The second-order valence-electron chi connectivity index (χ2n) is 4.54. The smallest absolute Gasteiger partial charge is 0.0790 e. The van der Waals surface area contributed by atoms with Gasteiger partial charge in [0.05, 0.1) is 13.4 Å². The minimum absolute atomic E-state index is 0.352. The monoisotopic (exact) mass is 180 g/mol. The van der Waals surface area contributed by atoms with E-state index in [1.807, 2.05) is 0 Å². The van der Waals surface area contributed by atoms with Crippen LogP contribution in [0.1, 0.15) is 33.1 Å². The van der Waals surface area contributed by atoms with Gasteiger partial charge in [-0.2, -0.15) is 0 Å². The lowest BCUT2D eigenvalue weighted by Gasteiger charge is -2.38. The predicted molar refractivity (Wildman–Crippen MR) is 56.4 cm³/mol. The van der Waals surface area contributed by atoms with Gasteiger partial charge in [0.15, 0.2) is 0 Å². The van der Waals surface area contributed by atoms with Crippen LogP contribution >= 0.6 is 0 Å². The first kappa shape index (κ1) is 10.4. The van der Waals surface area contributed by atoms with Crippen LogP contribution in [0.5, 0.6) is 0 Å². The van der Waals surface area contributed by atoms with E-state index in [0.29, 0.717) is 11.3 Å². The highest BCUT2D eigenvalue weighted by molar-refractivity contribution is 5.15. The Labute approximate surface area is 81.5 Å². The molecular weight excluding hydrogens is 160 g/mol. The standard InChI is InChI=1S/C12H20O/c1-10-6-5-8-12(2,3)11(10)7-9-13-4/h7,9,11H,1,5-6,8H2,2-4H3/b9-7+/t11-/m1/s1. The molecule has 0 spiro atoms. The zero-order valence-electron chi connectivity index (χ0n) is 8.97. The molecule has 0 radical (unpaired) electrons. The highest BCUT2D eigenvalue weighted by atomic mass is 16.5. The minimum atomic E-state index is 0.352. The molecule has 0 N–H and O–H groups in total. The van der Waals surface area contributed by atoms with E-state index in [9.17, 15) is 0 Å². The fourth-order valence-corrected chi connectivity index (χ4v) is 2.19. The van der Waals surface area contributed by atoms with Crippen molar-refractivity contribution in [2.45, 2.75) is 33.1 Å². The molecule has 0 saturated heterocycles. The van der Waals surface area contributed by atoms with Gasteiger partial charge in [0, 0.05) is 5.92 Å². The van der Waals surface area contributed by atoms with Gasteiger partial charge < -0.3 is 4.74 Å². The molecule has 0 aromatic rings. The number of methoxy groups -OCH3 is 1. The summed E-state index contributed by atoms with van der Waals surface area (Å²) in [6, 6.07) is 0. The van der Waals surface area contributed by atoms with Crippen molar-refractivity contribution in [3.05, 3.63) is 24.5 Å². The van der Waals surface area contributed by atoms with Crippen LogP contribution in [-0.2, 0) is 4.74 Å². The fraction of sp³-hybridized carbons (Fsp3) is 0.667. The van der Waals surface area contributed by atoms with Crippen LogP contribution in [0.4, 0.5) is 0 Å². The van der Waals surface area contributed by atoms with Crippen molar-refractivity contribution in [2.24, 2.45) is 11.3 Å². The van der Waals surface area contributed by atoms with Gasteiger partial charge in [-0.15, -0.1) is 0 Å². The maximum absolute atomic E-state index is 4.96. The van der Waals surface area contributed by atoms with E-state index in [0.717, 1.165) is 0 Å². The number of rotatable bonds is 2. The van der Waals surface area contributed by atoms with Crippen LogP contribution in [0.15, 0.2) is 24.5 Å². The molecule has 74 valence electrons. The largest absolute Gasteiger partial charge is 0.505 e. The molecule has 0 aromatic carbocycles. The molecule has 1 saturated carbocycles. The van der Waals surface area contributed by atoms with E-state index in [1.165, 1.54) is 24.8 Å². The van der Waals surface area contributed by atoms with Gasteiger partial charge in [-0.1, -0.05) is 26.0 Å². The molecule has 0 aromatic heterocycles. The van der Waals surface area contributed by atoms with E-state index in [-0.39, 0.29) is 0 Å². The summed E-state index contributed by atoms with van der Waals surface area (Å²) in [6.07, 6.45) is 7.65. The summed E-state index contributed by atoms with van der Waals surface area (Å²) >= 11 is 0. The third kappa shape index (κ3) is 2.36. The van der Waals surface area contributed by atoms with Gasteiger partial charge in [-0.3, -0.25) is 0 Å². The van der Waals surface area contributed by atoms with Gasteiger partial charge in [0.2, 0.25) is 0 Å². The Hall–Kier alpha value is -0.720. The molecule has 1 fully saturated rings. The Morgan fingerprint density at radius 1 is 1.54 bits per heavy atom. The summed E-state index contributed by atoms with van der Waals surface area (Å²) in [5, 5.41) is 0. The molecule has 0 heterocycles. The number of allylic oxidation sites excluding steroid dienone is 2. The lowest BCUT2D eigenvalue weighted by molar-refractivity contribution is 0.222. The molecule has 1 heteroatoms. The molecule has 13 heavy (non-hydrogen) atoms. The second kappa shape index (κ2) is 3.99. The van der Waals surface area contributed by atoms with Crippen LogP contribution in [-0.4, -0.2) is 7.11 Å². The summed E-state index contributed by atoms with van der Waals surface area (Å²) in [5.41, 5.74) is 1.70. The summed E-state index contributed by atoms with van der Waals surface area (Å²) < 4.78 is 4.96. The zero-order valence-corrected chi connectivity index (χ0v) is 8.97. The normalized spacial score (nSPS) is 27.9. The Bertz CT molecular complexity index is 213. The predicted octanol–water partition coefficient (Wildman–Crippen LogP) is 3.53. The van der Waals surface area contributed by atoms with E-state index in [4.69, 9.17) is 4.74 Å². The number of ether oxygens (including phenoxy) is 1. The summed E-state index contributed by atoms with van der Waals surface area (Å²) in [4.78, 5) is 0. The maximum Gasteiger partial charge on any atom is 0.0790 e. The van der Waals surface area contributed by atoms with Crippen LogP contribution in [0.3, 0.4) is 0 Å². The Morgan fingerprint density at radius 2 is 2.23 bits per heavy atom. The molecule has 1 aliphatic carbocycles. The van der Waals surface area contributed by atoms with Gasteiger partial charge in [-0.05, 0) is 30.8 Å². The van der Waals surface area contributed by atoms with E-state index in [2.05, 4.69) is 26.5 Å². The molecule has 0 unspecified atom stereocenters. The van der Waals surface area contributed by atoms with Crippen molar-refractivity contribution in [3.63, 3.8) is 0 Å². The second-order valence-corrected chi connectivity index (χ2v) is 4.54. The van der Waals surface area contributed by atoms with Crippen LogP contribution in [0, 0.1) is 11.3 Å². The van der Waals surface area contributed by atoms with E-state index in [1.54, 1.807) is 13.4 Å². The zero-order chi connectivity index (χ0) is 9.90. The minimum Gasteiger partial charge on any atom is -0.505 e. The van der Waals surface area contributed by atoms with Crippen molar-refractivity contribution in [2.75, 3.05) is 7.11 Å². The lowest BCUT2D eigenvalue weighted by atomic mass is 9.67. The summed E-state index contributed by atoms with van der Waals surface area (Å²) in [5.74, 6) is 0.487. The average Bonchev–Trinajstić information content (AvgIpc) is 2.02. The third-order valence-electron chi connectivity index (χ3n) is 3.01. The number of hydrogen-bond donors (Lipinski definition) is 0. The SMILES string of the molecule is C=C1CCCC(C)(C)[C@@H]1/C=C/OC. The topological polar surface area (TPSA) is 9.23 Å². The highest BCUT2D eigenvalue weighted by Gasteiger charge is 2.32. The van der Waals surface area contributed by atoms with E-state index < -0.39 is 0 Å². The molecule has 1 aliphatic rings. The van der Waals surface area contributed by atoms with Crippen molar-refractivity contribution in [1.82, 2.24) is 0 Å². The summed E-state index contributed by atoms with van der Waals surface area (Å²) in [7, 11) is 1.69. The molecule has 1 nitrogen and oxygen atoms in total. The average molecular weight is 180 g/mol. The first-order valence-corrected chi connectivity index (χ1v) is 4.95. The Balaban J connectivity index is 2.74. The van der Waals surface area contributed by atoms with Crippen LogP contribution in [0.25, 0.3) is 0 Å². The molecule has 0 amide bonds. The molecule has 1 rings (SSSR count). The maximum atomic E-state index is 4.96. The summed E-state index contributed by atoms with van der Waals surface area (Å²) in [6.45, 7) is 8.75. The Kier molecular flexibility index (Phi) is 3.18. The quantitative estimate of drug-likeness (QED) is 0.466. The molecular formula is C12H20O. The fourth-order valence-electron chi connectivity index (χ4n) is 2.19. The first-order valence-electron chi connectivity index (χ1n) is 4.95. The van der Waals surface area contributed by atoms with Crippen molar-refractivity contribution < 1.29 is 4.74 Å². The van der Waals surface area contributed by atoms with Crippen LogP contribution in [0.2, 0.25) is 0 Å². The third-order valence-corrected chi connectivity index (χ3v) is 3.01. The van der Waals surface area contributed by atoms with Crippen LogP contribution < -0.4 is 0 Å². The lowest BCUT2D eigenvalue weighted by Crippen LogP contribution is -2.27. The van der Waals surface area contributed by atoms with Crippen molar-refractivity contribution >= 4 is 0 Å².